The summed E-state index contributed by atoms with van der Waals surface area (Å²) in [5.41, 5.74) is -1.62. The molecule has 0 aromatic carbocycles. The van der Waals surface area contributed by atoms with Crippen LogP contribution in [-0.4, -0.2) is 100 Å². The van der Waals surface area contributed by atoms with Gasteiger partial charge in [-0.1, -0.05) is 34.1 Å². The highest BCUT2D eigenvalue weighted by Gasteiger charge is 2.61. The van der Waals surface area contributed by atoms with Gasteiger partial charge >= 0.3 is 6.03 Å². The lowest BCUT2D eigenvalue weighted by atomic mass is 9.85. The van der Waals surface area contributed by atoms with Crippen LogP contribution in [0.15, 0.2) is 0 Å². The summed E-state index contributed by atoms with van der Waals surface area (Å²) in [4.78, 5) is 83.0. The lowest BCUT2D eigenvalue weighted by Gasteiger charge is -2.36. The Morgan fingerprint density at radius 2 is 1.67 bits per heavy atom. The molecule has 3 aliphatic heterocycles. The lowest BCUT2D eigenvalue weighted by molar-refractivity contribution is -0.144. The Bertz CT molecular complexity index is 1150. The number of urea groups is 1. The smallest absolute Gasteiger partial charge is 0.315 e. The molecule has 5 rings (SSSR count). The second kappa shape index (κ2) is 11.5. The Labute approximate surface area is 246 Å². The molecule has 5 N–H and O–H groups in total. The third kappa shape index (κ3) is 6.25. The number of carbonyl (C=O) groups is 6. The molecule has 6 amide bonds. The molecule has 0 radical (unpaired) electrons. The molecular formula is C29H45N7O6. The highest BCUT2D eigenvalue weighted by Crippen LogP contribution is 2.41. The van der Waals surface area contributed by atoms with Gasteiger partial charge in [0.2, 0.25) is 23.5 Å². The van der Waals surface area contributed by atoms with E-state index in [2.05, 4.69) is 31.5 Å². The molecular weight excluding hydrogens is 542 g/mol. The first kappa shape index (κ1) is 30.2. The minimum Gasteiger partial charge on any atom is -0.347 e. The van der Waals surface area contributed by atoms with Crippen molar-refractivity contribution in [2.75, 3.05) is 13.1 Å². The predicted molar refractivity (Wildman–Crippen MR) is 152 cm³/mol. The standard InChI is InChI=1S/C29H45N7O6/c1-5-7-18(21(37)25(40)30-16-9-10-16)32-23(38)20-14-29(34-24(39)19-8-6-13-36(19)29)15-35(20)26(41)22(28(2,3)4)33-27(42)31-17-11-12-17/h16-20,22H,5-15H2,1-4H3,(H,30,40)(H,32,38)(H,34,39)(H2,31,33,42)/t18?,19?,20?,22-,29?/m1/s1. The molecule has 232 valence electrons. The maximum absolute atomic E-state index is 14.3. The van der Waals surface area contributed by atoms with Gasteiger partial charge < -0.3 is 31.5 Å². The number of Topliss-reactive ketones (excluding diaryl/α,β-unsaturated/α-hetero) is 1. The largest absolute Gasteiger partial charge is 0.347 e. The van der Waals surface area contributed by atoms with Crippen molar-refractivity contribution in [1.82, 2.24) is 36.4 Å². The Hall–Kier alpha value is -3.22. The van der Waals surface area contributed by atoms with E-state index in [1.807, 2.05) is 27.7 Å². The predicted octanol–water partition coefficient (Wildman–Crippen LogP) is -0.113. The number of fused-ring (bicyclic) bond motifs is 2. The number of amides is 6. The third-order valence-corrected chi connectivity index (χ3v) is 9.03. The average Bonchev–Trinajstić information content (AvgIpc) is 3.80. The van der Waals surface area contributed by atoms with Crippen LogP contribution in [-0.2, 0) is 24.0 Å². The van der Waals surface area contributed by atoms with Gasteiger partial charge in [-0.25, -0.2) is 4.79 Å². The van der Waals surface area contributed by atoms with E-state index in [9.17, 15) is 28.8 Å². The van der Waals surface area contributed by atoms with Gasteiger partial charge in [-0.3, -0.25) is 28.9 Å². The summed E-state index contributed by atoms with van der Waals surface area (Å²) >= 11 is 0. The fraction of sp³-hybridized carbons (Fsp3) is 0.793. The summed E-state index contributed by atoms with van der Waals surface area (Å²) in [5, 5.41) is 14.3. The first-order valence-corrected chi connectivity index (χ1v) is 15.4. The average molecular weight is 588 g/mol. The van der Waals surface area contributed by atoms with Crippen molar-refractivity contribution in [3.8, 4) is 0 Å². The van der Waals surface area contributed by atoms with Crippen molar-refractivity contribution in [3.05, 3.63) is 0 Å². The van der Waals surface area contributed by atoms with Gasteiger partial charge in [0.25, 0.3) is 5.91 Å². The molecule has 13 nitrogen and oxygen atoms in total. The van der Waals surface area contributed by atoms with Crippen molar-refractivity contribution in [1.29, 1.82) is 0 Å². The van der Waals surface area contributed by atoms with Gasteiger partial charge in [-0.15, -0.1) is 0 Å². The first-order chi connectivity index (χ1) is 19.8. The summed E-state index contributed by atoms with van der Waals surface area (Å²) in [6.07, 6.45) is 5.95. The van der Waals surface area contributed by atoms with Gasteiger partial charge in [0.05, 0.1) is 18.6 Å². The first-order valence-electron chi connectivity index (χ1n) is 15.4. The highest BCUT2D eigenvalue weighted by atomic mass is 16.2. The molecule has 42 heavy (non-hydrogen) atoms. The summed E-state index contributed by atoms with van der Waals surface area (Å²) in [6.45, 7) is 8.12. The van der Waals surface area contributed by atoms with Crippen LogP contribution in [0.2, 0.25) is 0 Å². The van der Waals surface area contributed by atoms with Crippen LogP contribution in [0.4, 0.5) is 4.79 Å². The molecule has 2 aliphatic carbocycles. The summed E-state index contributed by atoms with van der Waals surface area (Å²) in [7, 11) is 0. The molecule has 5 fully saturated rings. The Morgan fingerprint density at radius 1 is 1.00 bits per heavy atom. The fourth-order valence-corrected chi connectivity index (χ4v) is 6.46. The van der Waals surface area contributed by atoms with Crippen LogP contribution < -0.4 is 26.6 Å². The van der Waals surface area contributed by atoms with Crippen LogP contribution >= 0.6 is 0 Å². The monoisotopic (exact) mass is 587 g/mol. The minimum absolute atomic E-state index is 0.000521. The van der Waals surface area contributed by atoms with E-state index in [-0.39, 0.29) is 43.4 Å². The van der Waals surface area contributed by atoms with Crippen LogP contribution in [0.3, 0.4) is 0 Å². The zero-order valence-electron chi connectivity index (χ0n) is 25.1. The van der Waals surface area contributed by atoms with Crippen molar-refractivity contribution >= 4 is 35.4 Å². The third-order valence-electron chi connectivity index (χ3n) is 9.03. The number of nitrogens with zero attached hydrogens (tertiary/aromatic N) is 2. The molecule has 0 aromatic rings. The van der Waals surface area contributed by atoms with Crippen LogP contribution in [0.5, 0.6) is 0 Å². The number of ketones is 1. The molecule has 4 unspecified atom stereocenters. The highest BCUT2D eigenvalue weighted by molar-refractivity contribution is 6.38. The maximum Gasteiger partial charge on any atom is 0.315 e. The minimum atomic E-state index is -1.03. The Kier molecular flexibility index (Phi) is 8.25. The van der Waals surface area contributed by atoms with E-state index < -0.39 is 58.7 Å². The van der Waals surface area contributed by atoms with Crippen LogP contribution in [0.1, 0.15) is 85.5 Å². The van der Waals surface area contributed by atoms with Crippen molar-refractivity contribution < 1.29 is 28.8 Å². The van der Waals surface area contributed by atoms with Crippen LogP contribution in [0.25, 0.3) is 0 Å². The lowest BCUT2D eigenvalue weighted by Crippen LogP contribution is -2.60. The van der Waals surface area contributed by atoms with Gasteiger partial charge in [-0.2, -0.15) is 0 Å². The van der Waals surface area contributed by atoms with Crippen LogP contribution in [0, 0.1) is 5.41 Å². The molecule has 2 saturated carbocycles. The normalized spacial score (nSPS) is 28.6. The second-order valence-corrected chi connectivity index (χ2v) is 13.7. The molecule has 1 spiro atoms. The number of hydrogen-bond acceptors (Lipinski definition) is 7. The summed E-state index contributed by atoms with van der Waals surface area (Å²) in [5.74, 6) is -2.53. The number of likely N-dealkylation sites (tertiary alicyclic amines) is 1. The van der Waals surface area contributed by atoms with E-state index in [1.165, 1.54) is 4.90 Å². The maximum atomic E-state index is 14.3. The van der Waals surface area contributed by atoms with Gasteiger partial charge in [0, 0.05) is 25.0 Å². The fourth-order valence-electron chi connectivity index (χ4n) is 6.46. The van der Waals surface area contributed by atoms with E-state index in [0.29, 0.717) is 19.4 Å². The molecule has 3 saturated heterocycles. The van der Waals surface area contributed by atoms with E-state index >= 15 is 0 Å². The molecule has 13 heteroatoms. The number of carbonyl (C=O) groups excluding carboxylic acids is 6. The van der Waals surface area contributed by atoms with E-state index in [1.54, 1.807) is 0 Å². The summed E-state index contributed by atoms with van der Waals surface area (Å²) in [6, 6.07) is -3.66. The molecule has 0 aromatic heterocycles. The van der Waals surface area contributed by atoms with Gasteiger partial charge in [0.1, 0.15) is 17.7 Å². The quantitative estimate of drug-likeness (QED) is 0.222. The number of rotatable bonds is 10. The van der Waals surface area contributed by atoms with Crippen molar-refractivity contribution in [2.45, 2.75) is 127 Å². The molecule has 5 aliphatic rings. The zero-order valence-corrected chi connectivity index (χ0v) is 25.1. The molecule has 3 heterocycles. The molecule has 0 bridgehead atoms. The number of nitrogens with one attached hydrogen (secondary N) is 5. The summed E-state index contributed by atoms with van der Waals surface area (Å²) < 4.78 is 0. The van der Waals surface area contributed by atoms with Gasteiger partial charge in [0.15, 0.2) is 0 Å². The Morgan fingerprint density at radius 3 is 2.29 bits per heavy atom. The van der Waals surface area contributed by atoms with Gasteiger partial charge in [-0.05, 0) is 50.4 Å². The van der Waals surface area contributed by atoms with Crippen molar-refractivity contribution in [3.63, 3.8) is 0 Å². The number of hydrogen-bond donors (Lipinski definition) is 5. The SMILES string of the molecule is CCCC(NC(=O)C1CC2(CN1C(=O)[C@@H](NC(=O)NC1CC1)C(C)(C)C)NC(=O)C1CCCN12)C(=O)C(=O)NC1CC1. The van der Waals surface area contributed by atoms with E-state index in [4.69, 9.17) is 0 Å². The second-order valence-electron chi connectivity index (χ2n) is 13.7. The topological polar surface area (TPSA) is 169 Å². The van der Waals surface area contributed by atoms with Crippen molar-refractivity contribution in [2.24, 2.45) is 5.41 Å². The Balaban J connectivity index is 1.40. The zero-order chi connectivity index (χ0) is 30.4. The van der Waals surface area contributed by atoms with E-state index in [0.717, 1.165) is 32.1 Å². The molecule has 5 atom stereocenters.